The Balaban J connectivity index is 1.75. The lowest BCUT2D eigenvalue weighted by atomic mass is 9.98. The summed E-state index contributed by atoms with van der Waals surface area (Å²) in [7, 11) is 3.07. The van der Waals surface area contributed by atoms with Gasteiger partial charge in [-0.25, -0.2) is 0 Å². The van der Waals surface area contributed by atoms with Crippen LogP contribution < -0.4 is 14.9 Å². The van der Waals surface area contributed by atoms with Gasteiger partial charge in [-0.1, -0.05) is 17.7 Å². The first-order chi connectivity index (χ1) is 15.5. The molecule has 0 saturated carbocycles. The van der Waals surface area contributed by atoms with Crippen molar-refractivity contribution in [2.24, 2.45) is 0 Å². The Morgan fingerprint density at radius 2 is 1.84 bits per heavy atom. The van der Waals surface area contributed by atoms with E-state index in [1.54, 1.807) is 60.5 Å². The number of ether oxygens (including phenoxy) is 2. The second-order valence-electron chi connectivity index (χ2n) is 7.34. The fraction of sp³-hybridized carbons (Fsp3) is 0.167. The van der Waals surface area contributed by atoms with Crippen LogP contribution in [0.4, 0.5) is 0 Å². The molecule has 0 bridgehead atoms. The highest BCUT2D eigenvalue weighted by Crippen LogP contribution is 2.41. The van der Waals surface area contributed by atoms with E-state index in [2.05, 4.69) is 0 Å². The van der Waals surface area contributed by atoms with Gasteiger partial charge in [-0.3, -0.25) is 9.59 Å². The van der Waals surface area contributed by atoms with Gasteiger partial charge in [0.15, 0.2) is 16.9 Å². The van der Waals surface area contributed by atoms with Gasteiger partial charge >= 0.3 is 0 Å². The SMILES string of the molecule is COc1ccc([C@H]2c3c(oc4ccc(Cl)cc4c3=O)C(=O)N2Cc2ccco2)cc1OC. The largest absolute Gasteiger partial charge is 0.493 e. The topological polar surface area (TPSA) is 82.1 Å². The number of carbonyl (C=O) groups is 1. The van der Waals surface area contributed by atoms with Crippen molar-refractivity contribution in [1.82, 2.24) is 4.90 Å². The van der Waals surface area contributed by atoms with Crippen molar-refractivity contribution in [3.63, 3.8) is 0 Å². The molecule has 0 fully saturated rings. The number of fused-ring (bicyclic) bond motifs is 2. The number of methoxy groups -OCH3 is 2. The van der Waals surface area contributed by atoms with Gasteiger partial charge in [0.25, 0.3) is 5.91 Å². The van der Waals surface area contributed by atoms with Gasteiger partial charge in [-0.15, -0.1) is 0 Å². The Hall–Kier alpha value is -3.71. The first-order valence-electron chi connectivity index (χ1n) is 9.83. The van der Waals surface area contributed by atoms with Crippen molar-refractivity contribution >= 4 is 28.5 Å². The van der Waals surface area contributed by atoms with E-state index in [1.165, 1.54) is 13.4 Å². The predicted molar refractivity (Wildman–Crippen MR) is 117 cm³/mol. The molecule has 5 rings (SSSR count). The van der Waals surface area contributed by atoms with E-state index in [9.17, 15) is 9.59 Å². The van der Waals surface area contributed by atoms with E-state index >= 15 is 0 Å². The smallest absolute Gasteiger partial charge is 0.291 e. The summed E-state index contributed by atoms with van der Waals surface area (Å²) in [5.41, 5.74) is 0.926. The molecule has 0 radical (unpaired) electrons. The van der Waals surface area contributed by atoms with E-state index < -0.39 is 11.9 Å². The van der Waals surface area contributed by atoms with Crippen LogP contribution in [0.1, 0.15) is 33.5 Å². The number of hydrogen-bond donors (Lipinski definition) is 0. The first-order valence-corrected chi connectivity index (χ1v) is 10.2. The summed E-state index contributed by atoms with van der Waals surface area (Å²) in [5.74, 6) is 1.21. The maximum absolute atomic E-state index is 13.6. The average molecular weight is 452 g/mol. The van der Waals surface area contributed by atoms with Crippen molar-refractivity contribution in [1.29, 1.82) is 0 Å². The molecule has 4 aromatic rings. The molecular formula is C24H18ClNO6. The molecule has 1 aliphatic rings. The zero-order valence-electron chi connectivity index (χ0n) is 17.3. The Morgan fingerprint density at radius 3 is 2.56 bits per heavy atom. The molecule has 0 saturated heterocycles. The number of rotatable bonds is 5. The van der Waals surface area contributed by atoms with E-state index in [4.69, 9.17) is 29.9 Å². The van der Waals surface area contributed by atoms with Gasteiger partial charge in [0.05, 0.1) is 44.0 Å². The summed E-state index contributed by atoms with van der Waals surface area (Å²) in [5, 5.41) is 0.721. The third kappa shape index (κ3) is 3.13. The number of amides is 1. The molecule has 1 aliphatic heterocycles. The lowest BCUT2D eigenvalue weighted by molar-refractivity contribution is 0.0701. The third-order valence-electron chi connectivity index (χ3n) is 5.56. The van der Waals surface area contributed by atoms with Crippen molar-refractivity contribution in [2.45, 2.75) is 12.6 Å². The first kappa shape index (κ1) is 20.2. The van der Waals surface area contributed by atoms with Gasteiger partial charge in [-0.05, 0) is 48.0 Å². The minimum atomic E-state index is -0.706. The summed E-state index contributed by atoms with van der Waals surface area (Å²) in [6.07, 6.45) is 1.54. The van der Waals surface area contributed by atoms with Crippen LogP contribution in [0.5, 0.6) is 11.5 Å². The zero-order chi connectivity index (χ0) is 22.4. The minimum absolute atomic E-state index is 0.0103. The van der Waals surface area contributed by atoms with Gasteiger partial charge in [0, 0.05) is 5.02 Å². The molecule has 0 aliphatic carbocycles. The molecule has 0 N–H and O–H groups in total. The van der Waals surface area contributed by atoms with Crippen molar-refractivity contribution in [2.75, 3.05) is 14.2 Å². The Bertz CT molecular complexity index is 1390. The quantitative estimate of drug-likeness (QED) is 0.433. The highest BCUT2D eigenvalue weighted by atomic mass is 35.5. The standard InChI is InChI=1S/C24H18ClNO6/c1-29-18-7-5-13(10-19(18)30-2)21-20-22(27)16-11-14(25)6-8-17(16)32-23(20)24(28)26(21)12-15-4-3-9-31-15/h3-11,21H,12H2,1-2H3/t21-/m0/s1. The Kier molecular flexibility index (Phi) is 4.90. The van der Waals surface area contributed by atoms with Crippen LogP contribution in [0.2, 0.25) is 5.02 Å². The minimum Gasteiger partial charge on any atom is -0.493 e. The number of halogens is 1. The highest BCUT2D eigenvalue weighted by molar-refractivity contribution is 6.31. The number of carbonyl (C=O) groups excluding carboxylic acids is 1. The van der Waals surface area contributed by atoms with Crippen LogP contribution in [0.25, 0.3) is 11.0 Å². The van der Waals surface area contributed by atoms with Crippen LogP contribution in [-0.2, 0) is 6.54 Å². The van der Waals surface area contributed by atoms with Crippen molar-refractivity contribution in [3.8, 4) is 11.5 Å². The number of benzene rings is 2. The lowest BCUT2D eigenvalue weighted by Gasteiger charge is -2.25. The van der Waals surface area contributed by atoms with Crippen molar-refractivity contribution < 1.29 is 23.1 Å². The summed E-state index contributed by atoms with van der Waals surface area (Å²) in [6, 6.07) is 12.9. The summed E-state index contributed by atoms with van der Waals surface area (Å²) in [4.78, 5) is 28.5. The van der Waals surface area contributed by atoms with Crippen LogP contribution in [0.15, 0.2) is 68.4 Å². The molecule has 2 aromatic heterocycles. The van der Waals surface area contributed by atoms with E-state index in [-0.39, 0.29) is 23.3 Å². The van der Waals surface area contributed by atoms with Gasteiger partial charge < -0.3 is 23.2 Å². The molecular weight excluding hydrogens is 434 g/mol. The summed E-state index contributed by atoms with van der Waals surface area (Å²) >= 11 is 6.12. The summed E-state index contributed by atoms with van der Waals surface area (Å²) in [6.45, 7) is 0.158. The van der Waals surface area contributed by atoms with Crippen LogP contribution in [0.3, 0.4) is 0 Å². The van der Waals surface area contributed by atoms with Crippen LogP contribution in [-0.4, -0.2) is 25.0 Å². The molecule has 1 atom stereocenters. The lowest BCUT2D eigenvalue weighted by Crippen LogP contribution is -2.29. The molecule has 162 valence electrons. The Morgan fingerprint density at radius 1 is 1.03 bits per heavy atom. The maximum Gasteiger partial charge on any atom is 0.291 e. The molecule has 8 heteroatoms. The second kappa shape index (κ2) is 7.76. The molecule has 1 amide bonds. The zero-order valence-corrected chi connectivity index (χ0v) is 18.0. The molecule has 32 heavy (non-hydrogen) atoms. The molecule has 7 nitrogen and oxygen atoms in total. The Labute approximate surface area is 187 Å². The van der Waals surface area contributed by atoms with E-state index in [1.807, 2.05) is 0 Å². The normalized spacial score (nSPS) is 15.3. The van der Waals surface area contributed by atoms with Gasteiger partial charge in [0.1, 0.15) is 11.3 Å². The highest BCUT2D eigenvalue weighted by Gasteiger charge is 2.43. The monoisotopic (exact) mass is 451 g/mol. The third-order valence-corrected chi connectivity index (χ3v) is 5.79. The van der Waals surface area contributed by atoms with E-state index in [0.717, 1.165) is 0 Å². The fourth-order valence-electron chi connectivity index (χ4n) is 4.10. The second-order valence-corrected chi connectivity index (χ2v) is 7.78. The number of nitrogens with zero attached hydrogens (tertiary/aromatic N) is 1. The van der Waals surface area contributed by atoms with Gasteiger partial charge in [-0.2, -0.15) is 0 Å². The number of furan rings is 1. The molecule has 3 heterocycles. The van der Waals surface area contributed by atoms with Gasteiger partial charge in [0.2, 0.25) is 5.76 Å². The van der Waals surface area contributed by atoms with Crippen molar-refractivity contribution in [3.05, 3.63) is 92.7 Å². The van der Waals surface area contributed by atoms with Crippen LogP contribution >= 0.6 is 11.6 Å². The van der Waals surface area contributed by atoms with Crippen LogP contribution in [0, 0.1) is 0 Å². The predicted octanol–water partition coefficient (Wildman–Crippen LogP) is 4.80. The van der Waals surface area contributed by atoms with E-state index in [0.29, 0.717) is 38.8 Å². The summed E-state index contributed by atoms with van der Waals surface area (Å²) < 4.78 is 22.2. The molecule has 2 aromatic carbocycles. The average Bonchev–Trinajstić information content (AvgIpc) is 3.41. The number of hydrogen-bond acceptors (Lipinski definition) is 6. The fourth-order valence-corrected chi connectivity index (χ4v) is 4.27. The maximum atomic E-state index is 13.6. The molecule has 0 spiro atoms. The molecule has 0 unspecified atom stereocenters.